The zero-order chi connectivity index (χ0) is 16.2. The van der Waals surface area contributed by atoms with Crippen molar-refractivity contribution in [2.75, 3.05) is 16.9 Å². The number of furan rings is 1. The van der Waals surface area contributed by atoms with Crippen molar-refractivity contribution in [3.8, 4) is 11.4 Å². The van der Waals surface area contributed by atoms with Gasteiger partial charge in [-0.1, -0.05) is 30.0 Å². The first-order valence-electron chi connectivity index (χ1n) is 6.88. The molecule has 0 radical (unpaired) electrons. The van der Waals surface area contributed by atoms with Crippen molar-refractivity contribution in [2.45, 2.75) is 12.1 Å². The summed E-state index contributed by atoms with van der Waals surface area (Å²) in [4.78, 5) is 11.9. The van der Waals surface area contributed by atoms with Crippen LogP contribution in [-0.4, -0.2) is 26.5 Å². The molecule has 8 heteroatoms. The summed E-state index contributed by atoms with van der Waals surface area (Å²) in [5.41, 5.74) is 1.53. The minimum absolute atomic E-state index is 0.134. The van der Waals surface area contributed by atoms with Gasteiger partial charge in [-0.05, 0) is 25.1 Å². The number of nitrogens with two attached hydrogens (primary N) is 1. The van der Waals surface area contributed by atoms with Crippen molar-refractivity contribution >= 4 is 23.4 Å². The molecule has 0 fully saturated rings. The molecular weight excluding hydrogens is 314 g/mol. The number of benzene rings is 1. The second-order valence-electron chi connectivity index (χ2n) is 4.77. The first kappa shape index (κ1) is 15.2. The molecule has 0 spiro atoms. The Morgan fingerprint density at radius 2 is 2.09 bits per heavy atom. The lowest BCUT2D eigenvalue weighted by atomic mass is 10.2. The molecule has 2 heterocycles. The van der Waals surface area contributed by atoms with Gasteiger partial charge in [0.1, 0.15) is 5.76 Å². The van der Waals surface area contributed by atoms with Gasteiger partial charge in [0.05, 0.1) is 17.6 Å². The summed E-state index contributed by atoms with van der Waals surface area (Å²) < 4.78 is 6.60. The maximum absolute atomic E-state index is 11.9. The summed E-state index contributed by atoms with van der Waals surface area (Å²) in [6.45, 7) is 1.82. The highest BCUT2D eigenvalue weighted by Gasteiger charge is 2.16. The topological polar surface area (TPSA) is 99.0 Å². The highest BCUT2D eigenvalue weighted by Crippen LogP contribution is 2.24. The number of hydrogen-bond donors (Lipinski definition) is 2. The van der Waals surface area contributed by atoms with Gasteiger partial charge in [-0.25, -0.2) is 4.68 Å². The van der Waals surface area contributed by atoms with Crippen LogP contribution in [0.25, 0.3) is 11.4 Å². The molecule has 0 saturated carbocycles. The predicted molar refractivity (Wildman–Crippen MR) is 88.4 cm³/mol. The zero-order valence-corrected chi connectivity index (χ0v) is 13.2. The van der Waals surface area contributed by atoms with Crippen LogP contribution >= 0.6 is 11.8 Å². The molecule has 0 unspecified atom stereocenters. The van der Waals surface area contributed by atoms with Crippen molar-refractivity contribution in [3.05, 3.63) is 48.4 Å². The van der Waals surface area contributed by atoms with E-state index in [1.165, 1.54) is 16.4 Å². The van der Waals surface area contributed by atoms with Gasteiger partial charge >= 0.3 is 0 Å². The first-order chi connectivity index (χ1) is 11.1. The van der Waals surface area contributed by atoms with E-state index in [2.05, 4.69) is 15.5 Å². The number of rotatable bonds is 5. The minimum atomic E-state index is -0.134. The van der Waals surface area contributed by atoms with Gasteiger partial charge in [0.25, 0.3) is 0 Å². The normalized spacial score (nSPS) is 10.7. The van der Waals surface area contributed by atoms with Gasteiger partial charge in [0, 0.05) is 5.69 Å². The van der Waals surface area contributed by atoms with Crippen molar-refractivity contribution in [1.29, 1.82) is 0 Å². The lowest BCUT2D eigenvalue weighted by Crippen LogP contribution is -2.16. The number of carbonyl (C=O) groups excluding carboxylic acids is 1. The lowest BCUT2D eigenvalue weighted by Gasteiger charge is -2.05. The second-order valence-corrected chi connectivity index (χ2v) is 5.71. The standard InChI is InChI=1S/C15H15N5O2S/c1-10-12(7-8-22-10)14-18-19-15(20(14)16)23-9-13(21)17-11-5-3-2-4-6-11/h2-8H,9,16H2,1H3,(H,17,21). The van der Waals surface area contributed by atoms with Crippen molar-refractivity contribution in [3.63, 3.8) is 0 Å². The third-order valence-corrected chi connectivity index (χ3v) is 4.10. The van der Waals surface area contributed by atoms with Crippen LogP contribution in [0, 0.1) is 6.92 Å². The summed E-state index contributed by atoms with van der Waals surface area (Å²) in [7, 11) is 0. The Bertz CT molecular complexity index is 812. The Kier molecular flexibility index (Phi) is 4.33. The summed E-state index contributed by atoms with van der Waals surface area (Å²) in [6, 6.07) is 11.0. The van der Waals surface area contributed by atoms with Gasteiger partial charge in [-0.3, -0.25) is 4.79 Å². The summed E-state index contributed by atoms with van der Waals surface area (Å²) in [6.07, 6.45) is 1.57. The molecule has 0 aliphatic carbocycles. The predicted octanol–water partition coefficient (Wildman–Crippen LogP) is 2.29. The van der Waals surface area contributed by atoms with E-state index < -0.39 is 0 Å². The molecule has 7 nitrogen and oxygen atoms in total. The van der Waals surface area contributed by atoms with Crippen molar-refractivity contribution in [1.82, 2.24) is 14.9 Å². The SMILES string of the molecule is Cc1occc1-c1nnc(SCC(=O)Nc2ccccc2)n1N. The molecule has 118 valence electrons. The fourth-order valence-electron chi connectivity index (χ4n) is 2.02. The fourth-order valence-corrected chi connectivity index (χ4v) is 2.68. The maximum atomic E-state index is 11.9. The third kappa shape index (κ3) is 3.37. The molecule has 3 rings (SSSR count). The Labute approximate surface area is 136 Å². The molecule has 3 N–H and O–H groups in total. The Morgan fingerprint density at radius 1 is 1.30 bits per heavy atom. The molecule has 1 aromatic carbocycles. The first-order valence-corrected chi connectivity index (χ1v) is 7.86. The van der Waals surface area contributed by atoms with Crippen LogP contribution < -0.4 is 11.2 Å². The van der Waals surface area contributed by atoms with E-state index in [-0.39, 0.29) is 11.7 Å². The Balaban J connectivity index is 1.64. The fraction of sp³-hybridized carbons (Fsp3) is 0.133. The average molecular weight is 329 g/mol. The number of aryl methyl sites for hydroxylation is 1. The Hall–Kier alpha value is -2.74. The van der Waals surface area contributed by atoms with Gasteiger partial charge < -0.3 is 15.6 Å². The zero-order valence-electron chi connectivity index (χ0n) is 12.4. The van der Waals surface area contributed by atoms with Crippen molar-refractivity contribution in [2.24, 2.45) is 0 Å². The van der Waals surface area contributed by atoms with E-state index in [0.29, 0.717) is 16.7 Å². The minimum Gasteiger partial charge on any atom is -0.469 e. The second kappa shape index (κ2) is 6.57. The maximum Gasteiger partial charge on any atom is 0.234 e. The van der Waals surface area contributed by atoms with E-state index in [1.54, 1.807) is 12.3 Å². The van der Waals surface area contributed by atoms with Crippen molar-refractivity contribution < 1.29 is 9.21 Å². The highest BCUT2D eigenvalue weighted by atomic mass is 32.2. The molecule has 2 aromatic heterocycles. The van der Waals surface area contributed by atoms with Gasteiger partial charge in [0.15, 0.2) is 5.82 Å². The lowest BCUT2D eigenvalue weighted by molar-refractivity contribution is -0.113. The van der Waals surface area contributed by atoms with Crippen LogP contribution in [0.5, 0.6) is 0 Å². The molecule has 0 atom stereocenters. The highest BCUT2D eigenvalue weighted by molar-refractivity contribution is 7.99. The largest absolute Gasteiger partial charge is 0.469 e. The van der Waals surface area contributed by atoms with Crippen LogP contribution in [0.4, 0.5) is 5.69 Å². The average Bonchev–Trinajstić information content (AvgIpc) is 3.12. The van der Waals surface area contributed by atoms with E-state index in [4.69, 9.17) is 10.3 Å². The molecule has 23 heavy (non-hydrogen) atoms. The number of nitrogens with one attached hydrogen (secondary N) is 1. The monoisotopic (exact) mass is 329 g/mol. The molecule has 0 saturated heterocycles. The quantitative estimate of drug-likeness (QED) is 0.550. The smallest absolute Gasteiger partial charge is 0.234 e. The van der Waals surface area contributed by atoms with Crippen LogP contribution in [0.15, 0.2) is 52.2 Å². The number of aromatic nitrogens is 3. The van der Waals surface area contributed by atoms with E-state index in [9.17, 15) is 4.79 Å². The van der Waals surface area contributed by atoms with Crippen LogP contribution in [0.3, 0.4) is 0 Å². The van der Waals surface area contributed by atoms with E-state index in [1.807, 2.05) is 37.3 Å². The molecule has 0 bridgehead atoms. The molecule has 1 amide bonds. The number of nitrogen functional groups attached to an aromatic ring is 1. The summed E-state index contributed by atoms with van der Waals surface area (Å²) in [5.74, 6) is 7.27. The molecular formula is C15H15N5O2S. The Morgan fingerprint density at radius 3 is 2.78 bits per heavy atom. The summed E-state index contributed by atoms with van der Waals surface area (Å²) >= 11 is 1.22. The number of hydrogen-bond acceptors (Lipinski definition) is 6. The summed E-state index contributed by atoms with van der Waals surface area (Å²) in [5, 5.41) is 11.3. The number of thioether (sulfide) groups is 1. The number of nitrogens with zero attached hydrogens (tertiary/aromatic N) is 3. The van der Waals surface area contributed by atoms with E-state index in [0.717, 1.165) is 11.3 Å². The molecule has 0 aliphatic heterocycles. The van der Waals surface area contributed by atoms with E-state index >= 15 is 0 Å². The number of carbonyl (C=O) groups is 1. The number of para-hydroxylation sites is 1. The molecule has 3 aromatic rings. The number of amides is 1. The third-order valence-electron chi connectivity index (χ3n) is 3.15. The van der Waals surface area contributed by atoms with Gasteiger partial charge in [0.2, 0.25) is 11.1 Å². The van der Waals surface area contributed by atoms with Crippen LogP contribution in [0.1, 0.15) is 5.76 Å². The molecule has 0 aliphatic rings. The number of anilines is 1. The van der Waals surface area contributed by atoms with Gasteiger partial charge in [-0.15, -0.1) is 10.2 Å². The van der Waals surface area contributed by atoms with Gasteiger partial charge in [-0.2, -0.15) is 0 Å². The van der Waals surface area contributed by atoms with Crippen LogP contribution in [-0.2, 0) is 4.79 Å². The van der Waals surface area contributed by atoms with Crippen LogP contribution in [0.2, 0.25) is 0 Å².